The summed E-state index contributed by atoms with van der Waals surface area (Å²) in [6.45, 7) is 6.43. The molecule has 0 aromatic heterocycles. The third-order valence-electron chi connectivity index (χ3n) is 4.20. The van der Waals surface area contributed by atoms with E-state index in [-0.39, 0.29) is 0 Å². The van der Waals surface area contributed by atoms with Crippen LogP contribution in [0, 0.1) is 0 Å². The van der Waals surface area contributed by atoms with Crippen LogP contribution >= 0.6 is 11.6 Å². The Morgan fingerprint density at radius 1 is 0.762 bits per heavy atom. The van der Waals surface area contributed by atoms with E-state index in [2.05, 4.69) is 54.0 Å². The molecule has 1 aromatic carbocycles. The van der Waals surface area contributed by atoms with Crippen LogP contribution in [-0.2, 0) is 13.1 Å². The molecule has 1 heterocycles. The number of rotatable bonds is 0. The van der Waals surface area contributed by atoms with Crippen molar-refractivity contribution in [1.82, 2.24) is 14.7 Å². The summed E-state index contributed by atoms with van der Waals surface area (Å²) in [5.41, 5.74) is 2.49. The van der Waals surface area contributed by atoms with E-state index in [9.17, 15) is 0 Å². The second-order valence-electron chi connectivity index (χ2n) is 6.38. The Morgan fingerprint density at radius 2 is 1.19 bits per heavy atom. The largest absolute Gasteiger partial charge is 0.306 e. The molecule has 21 heavy (non-hydrogen) atoms. The highest BCUT2D eigenvalue weighted by Crippen LogP contribution is 2.23. The first kappa shape index (κ1) is 16.8. The number of hydrogen-bond donors (Lipinski definition) is 0. The molecular formula is C17H28ClN3. The maximum absolute atomic E-state index is 6.61. The average Bonchev–Trinajstić information content (AvgIpc) is 2.42. The molecule has 1 aliphatic heterocycles. The van der Waals surface area contributed by atoms with Crippen molar-refractivity contribution in [1.29, 1.82) is 0 Å². The van der Waals surface area contributed by atoms with E-state index in [0.717, 1.165) is 31.2 Å². The molecule has 0 saturated carbocycles. The lowest BCUT2D eigenvalue weighted by Crippen LogP contribution is -2.29. The third kappa shape index (κ3) is 5.26. The zero-order chi connectivity index (χ0) is 15.2. The molecule has 0 radical (unpaired) electrons. The van der Waals surface area contributed by atoms with Gasteiger partial charge in [-0.15, -0.1) is 0 Å². The molecule has 0 saturated heterocycles. The van der Waals surface area contributed by atoms with Crippen molar-refractivity contribution in [2.24, 2.45) is 0 Å². The van der Waals surface area contributed by atoms with Gasteiger partial charge in [0, 0.05) is 18.1 Å². The normalized spacial score (nSPS) is 21.1. The molecular weight excluding hydrogens is 282 g/mol. The van der Waals surface area contributed by atoms with E-state index in [1.807, 2.05) is 0 Å². The van der Waals surface area contributed by atoms with Gasteiger partial charge in [-0.2, -0.15) is 0 Å². The van der Waals surface area contributed by atoms with Gasteiger partial charge >= 0.3 is 0 Å². The summed E-state index contributed by atoms with van der Waals surface area (Å²) in [5, 5.41) is 0.949. The predicted molar refractivity (Wildman–Crippen MR) is 90.9 cm³/mol. The Hall–Kier alpha value is -0.610. The lowest BCUT2D eigenvalue weighted by Gasteiger charge is -2.24. The molecule has 3 nitrogen and oxygen atoms in total. The molecule has 1 aromatic rings. The van der Waals surface area contributed by atoms with Crippen molar-refractivity contribution in [3.63, 3.8) is 0 Å². The first-order valence-electron chi connectivity index (χ1n) is 7.88. The molecule has 2 rings (SSSR count). The number of benzene rings is 1. The molecule has 4 heteroatoms. The van der Waals surface area contributed by atoms with Gasteiger partial charge < -0.3 is 14.7 Å². The zero-order valence-electron chi connectivity index (χ0n) is 13.6. The standard InChI is InChI=1S/C17H28ClN3/c1-19-9-5-11-20(2)13-15-7-4-8-16(17(15)18)14-21(3)12-6-10-19/h4,7-8H,5-6,9-14H2,1-3H3. The quantitative estimate of drug-likeness (QED) is 0.729. The van der Waals surface area contributed by atoms with Crippen LogP contribution in [0.2, 0.25) is 5.02 Å². The summed E-state index contributed by atoms with van der Waals surface area (Å²) in [4.78, 5) is 7.18. The predicted octanol–water partition coefficient (Wildman–Crippen LogP) is 2.93. The van der Waals surface area contributed by atoms with Gasteiger partial charge in [0.1, 0.15) is 0 Å². The van der Waals surface area contributed by atoms with Crippen molar-refractivity contribution >= 4 is 11.6 Å². The molecule has 0 N–H and O–H groups in total. The number of nitrogens with zero attached hydrogens (tertiary/aromatic N) is 3. The van der Waals surface area contributed by atoms with Crippen LogP contribution in [0.5, 0.6) is 0 Å². The van der Waals surface area contributed by atoms with E-state index < -0.39 is 0 Å². The van der Waals surface area contributed by atoms with Crippen LogP contribution < -0.4 is 0 Å². The molecule has 0 aliphatic carbocycles. The second-order valence-corrected chi connectivity index (χ2v) is 6.75. The van der Waals surface area contributed by atoms with Crippen molar-refractivity contribution in [3.8, 4) is 0 Å². The lowest BCUT2D eigenvalue weighted by molar-refractivity contribution is 0.251. The molecule has 0 atom stereocenters. The topological polar surface area (TPSA) is 9.72 Å². The Morgan fingerprint density at radius 3 is 1.67 bits per heavy atom. The molecule has 0 amide bonds. The van der Waals surface area contributed by atoms with Crippen LogP contribution in [0.3, 0.4) is 0 Å². The van der Waals surface area contributed by atoms with Crippen molar-refractivity contribution in [2.75, 3.05) is 47.3 Å². The summed E-state index contributed by atoms with van der Waals surface area (Å²) in [6, 6.07) is 6.44. The van der Waals surface area contributed by atoms with Gasteiger partial charge in [-0.3, -0.25) is 0 Å². The van der Waals surface area contributed by atoms with E-state index in [4.69, 9.17) is 11.6 Å². The second kappa shape index (κ2) is 8.14. The van der Waals surface area contributed by atoms with E-state index >= 15 is 0 Å². The first-order chi connectivity index (χ1) is 10.1. The molecule has 1 aliphatic rings. The first-order valence-corrected chi connectivity index (χ1v) is 8.26. The van der Waals surface area contributed by atoms with E-state index in [0.29, 0.717) is 0 Å². The molecule has 0 fully saturated rings. The fourth-order valence-corrected chi connectivity index (χ4v) is 3.20. The van der Waals surface area contributed by atoms with Crippen LogP contribution in [0.4, 0.5) is 0 Å². The van der Waals surface area contributed by atoms with Crippen molar-refractivity contribution < 1.29 is 0 Å². The van der Waals surface area contributed by atoms with E-state index in [1.165, 1.54) is 37.1 Å². The van der Waals surface area contributed by atoms with Crippen molar-refractivity contribution in [2.45, 2.75) is 25.9 Å². The van der Waals surface area contributed by atoms with Gasteiger partial charge in [-0.1, -0.05) is 29.8 Å². The SMILES string of the molecule is CN1CCCN(C)Cc2cccc(c2Cl)CN(C)CCC1. The third-order valence-corrected chi connectivity index (χ3v) is 4.68. The highest BCUT2D eigenvalue weighted by Gasteiger charge is 2.11. The highest BCUT2D eigenvalue weighted by atomic mass is 35.5. The van der Waals surface area contributed by atoms with Crippen LogP contribution in [0.1, 0.15) is 24.0 Å². The lowest BCUT2D eigenvalue weighted by atomic mass is 10.1. The van der Waals surface area contributed by atoms with Crippen LogP contribution in [-0.4, -0.2) is 62.0 Å². The van der Waals surface area contributed by atoms with Crippen LogP contribution in [0.15, 0.2) is 18.2 Å². The minimum atomic E-state index is 0.931. The Labute approximate surface area is 134 Å². The van der Waals surface area contributed by atoms with Gasteiger partial charge in [-0.25, -0.2) is 0 Å². The average molecular weight is 310 g/mol. The fourth-order valence-electron chi connectivity index (χ4n) is 2.95. The van der Waals surface area contributed by atoms with Crippen LogP contribution in [0.25, 0.3) is 0 Å². The van der Waals surface area contributed by atoms with Crippen molar-refractivity contribution in [3.05, 3.63) is 34.3 Å². The Bertz CT molecular complexity index is 413. The summed E-state index contributed by atoms with van der Waals surface area (Å²) in [5.74, 6) is 0. The van der Waals surface area contributed by atoms with Gasteiger partial charge in [0.05, 0.1) is 0 Å². The monoisotopic (exact) mass is 309 g/mol. The minimum Gasteiger partial charge on any atom is -0.306 e. The maximum Gasteiger partial charge on any atom is 0.0496 e. The summed E-state index contributed by atoms with van der Waals surface area (Å²) < 4.78 is 0. The summed E-state index contributed by atoms with van der Waals surface area (Å²) in [6.07, 6.45) is 2.42. The van der Waals surface area contributed by atoms with Gasteiger partial charge in [0.2, 0.25) is 0 Å². The summed E-state index contributed by atoms with van der Waals surface area (Å²) in [7, 11) is 6.59. The van der Waals surface area contributed by atoms with E-state index in [1.54, 1.807) is 0 Å². The van der Waals surface area contributed by atoms with Gasteiger partial charge in [0.15, 0.2) is 0 Å². The molecule has 2 bridgehead atoms. The highest BCUT2D eigenvalue weighted by molar-refractivity contribution is 6.32. The number of hydrogen-bond acceptors (Lipinski definition) is 3. The number of fused-ring (bicyclic) bond motifs is 2. The maximum atomic E-state index is 6.61. The fraction of sp³-hybridized carbons (Fsp3) is 0.647. The van der Waals surface area contributed by atoms with Gasteiger partial charge in [-0.05, 0) is 71.3 Å². The Balaban J connectivity index is 2.14. The molecule has 0 spiro atoms. The summed E-state index contributed by atoms with van der Waals surface area (Å²) >= 11 is 6.61. The molecule has 118 valence electrons. The Kier molecular flexibility index (Phi) is 6.49. The minimum absolute atomic E-state index is 0.931. The van der Waals surface area contributed by atoms with Gasteiger partial charge in [0.25, 0.3) is 0 Å². The molecule has 0 unspecified atom stereocenters. The smallest absolute Gasteiger partial charge is 0.0496 e. The number of halogens is 1. The zero-order valence-corrected chi connectivity index (χ0v) is 14.4.